The van der Waals surface area contributed by atoms with Gasteiger partial charge in [0.25, 0.3) is 0 Å². The Morgan fingerprint density at radius 3 is 2.75 bits per heavy atom. The highest BCUT2D eigenvalue weighted by Crippen LogP contribution is 2.13. The molecule has 2 atom stereocenters. The summed E-state index contributed by atoms with van der Waals surface area (Å²) in [5.41, 5.74) is 4.12. The standard InChI is InChI=1S/C7H14N2O3/c1-7(12,4-10)3-9-2-5(8)6(9)11/h5,10,12H,2-4,8H2,1H3. The summed E-state index contributed by atoms with van der Waals surface area (Å²) in [6.45, 7) is 1.74. The molecule has 0 saturated carbocycles. The van der Waals surface area contributed by atoms with Crippen LogP contribution in [-0.4, -0.2) is 52.4 Å². The molecule has 0 radical (unpaired) electrons. The largest absolute Gasteiger partial charge is 0.393 e. The minimum Gasteiger partial charge on any atom is -0.393 e. The van der Waals surface area contributed by atoms with Crippen LogP contribution in [0.1, 0.15) is 6.92 Å². The number of rotatable bonds is 3. The van der Waals surface area contributed by atoms with Crippen molar-refractivity contribution in [1.82, 2.24) is 4.90 Å². The number of likely N-dealkylation sites (tertiary alicyclic amines) is 1. The van der Waals surface area contributed by atoms with Crippen molar-refractivity contribution in [2.24, 2.45) is 5.73 Å². The van der Waals surface area contributed by atoms with Gasteiger partial charge in [-0.3, -0.25) is 4.79 Å². The number of β-amino-alcohol motifs (C(OH)–C–C–N with tert-alkyl or cyclic N) is 1. The van der Waals surface area contributed by atoms with Crippen LogP contribution in [0, 0.1) is 0 Å². The molecule has 1 heterocycles. The highest BCUT2D eigenvalue weighted by Gasteiger charge is 2.37. The third kappa shape index (κ3) is 1.74. The second-order valence-corrected chi connectivity index (χ2v) is 3.48. The van der Waals surface area contributed by atoms with Gasteiger partial charge in [-0.15, -0.1) is 0 Å². The van der Waals surface area contributed by atoms with Crippen LogP contribution < -0.4 is 5.73 Å². The van der Waals surface area contributed by atoms with Crippen LogP contribution >= 0.6 is 0 Å². The molecule has 1 fully saturated rings. The molecule has 70 valence electrons. The lowest BCUT2D eigenvalue weighted by Crippen LogP contribution is -2.64. The van der Waals surface area contributed by atoms with Gasteiger partial charge < -0.3 is 20.8 Å². The number of carbonyl (C=O) groups is 1. The van der Waals surface area contributed by atoms with Gasteiger partial charge >= 0.3 is 0 Å². The second kappa shape index (κ2) is 3.01. The Hall–Kier alpha value is -0.650. The van der Waals surface area contributed by atoms with E-state index in [1.165, 1.54) is 11.8 Å². The normalized spacial score (nSPS) is 28.2. The molecule has 5 heteroatoms. The lowest BCUT2D eigenvalue weighted by molar-refractivity contribution is -0.148. The predicted octanol–water partition coefficient (Wildman–Crippen LogP) is -2.10. The molecule has 2 unspecified atom stereocenters. The molecular weight excluding hydrogens is 160 g/mol. The van der Waals surface area contributed by atoms with E-state index in [1.54, 1.807) is 0 Å². The first-order valence-electron chi connectivity index (χ1n) is 3.84. The van der Waals surface area contributed by atoms with Crippen molar-refractivity contribution in [3.8, 4) is 0 Å². The van der Waals surface area contributed by atoms with Crippen molar-refractivity contribution in [3.63, 3.8) is 0 Å². The minimum atomic E-state index is -1.21. The van der Waals surface area contributed by atoms with Gasteiger partial charge in [-0.2, -0.15) is 0 Å². The van der Waals surface area contributed by atoms with Crippen LogP contribution in [0.25, 0.3) is 0 Å². The zero-order chi connectivity index (χ0) is 9.35. The summed E-state index contributed by atoms with van der Waals surface area (Å²) in [5.74, 6) is -0.163. The number of hydrogen-bond donors (Lipinski definition) is 3. The summed E-state index contributed by atoms with van der Waals surface area (Å²) in [5, 5.41) is 18.1. The van der Waals surface area contributed by atoms with Crippen molar-refractivity contribution >= 4 is 5.91 Å². The van der Waals surface area contributed by atoms with E-state index in [9.17, 15) is 9.90 Å². The third-order valence-corrected chi connectivity index (χ3v) is 1.92. The molecule has 0 aromatic rings. The van der Waals surface area contributed by atoms with Gasteiger partial charge in [0.2, 0.25) is 5.91 Å². The molecule has 0 aromatic carbocycles. The maximum atomic E-state index is 11.0. The monoisotopic (exact) mass is 174 g/mol. The van der Waals surface area contributed by atoms with Crippen LogP contribution in [-0.2, 0) is 4.79 Å². The summed E-state index contributed by atoms with van der Waals surface area (Å²) in [6, 6.07) is -0.417. The van der Waals surface area contributed by atoms with Crippen molar-refractivity contribution < 1.29 is 15.0 Å². The maximum Gasteiger partial charge on any atom is 0.241 e. The summed E-state index contributed by atoms with van der Waals surface area (Å²) >= 11 is 0. The van der Waals surface area contributed by atoms with Crippen LogP contribution in [0.3, 0.4) is 0 Å². The van der Waals surface area contributed by atoms with E-state index in [2.05, 4.69) is 0 Å². The molecule has 0 aromatic heterocycles. The average Bonchev–Trinajstić information content (AvgIpc) is 2.03. The molecule has 1 saturated heterocycles. The Labute approximate surface area is 70.8 Å². The van der Waals surface area contributed by atoms with Crippen molar-refractivity contribution in [2.75, 3.05) is 19.7 Å². The number of nitrogens with two attached hydrogens (primary N) is 1. The first-order chi connectivity index (χ1) is 5.46. The highest BCUT2D eigenvalue weighted by molar-refractivity contribution is 5.87. The molecule has 1 rings (SSSR count). The fourth-order valence-corrected chi connectivity index (χ4v) is 1.13. The number of amides is 1. The number of β-lactam (4-membered cyclic amide) rings is 1. The molecule has 5 nitrogen and oxygen atoms in total. The maximum absolute atomic E-state index is 11.0. The lowest BCUT2D eigenvalue weighted by atomic mass is 10.0. The smallest absolute Gasteiger partial charge is 0.241 e. The molecule has 1 aliphatic rings. The van der Waals surface area contributed by atoms with Gasteiger partial charge in [-0.25, -0.2) is 0 Å². The zero-order valence-electron chi connectivity index (χ0n) is 7.03. The fourth-order valence-electron chi connectivity index (χ4n) is 1.13. The molecular formula is C7H14N2O3. The Morgan fingerprint density at radius 2 is 2.42 bits per heavy atom. The molecule has 0 aliphatic carbocycles. The summed E-state index contributed by atoms with van der Waals surface area (Å²) < 4.78 is 0. The number of aliphatic hydroxyl groups excluding tert-OH is 1. The second-order valence-electron chi connectivity index (χ2n) is 3.48. The van der Waals surface area contributed by atoms with E-state index in [1.807, 2.05) is 0 Å². The van der Waals surface area contributed by atoms with Gasteiger partial charge in [0.05, 0.1) is 13.2 Å². The van der Waals surface area contributed by atoms with E-state index in [0.717, 1.165) is 0 Å². The van der Waals surface area contributed by atoms with Gasteiger partial charge in [0, 0.05) is 6.54 Å². The van der Waals surface area contributed by atoms with E-state index in [0.29, 0.717) is 6.54 Å². The Bertz CT molecular complexity index is 193. The summed E-state index contributed by atoms with van der Waals surface area (Å²) in [4.78, 5) is 12.4. The van der Waals surface area contributed by atoms with Crippen molar-refractivity contribution in [3.05, 3.63) is 0 Å². The molecule has 1 amide bonds. The number of hydrogen-bond acceptors (Lipinski definition) is 4. The molecule has 0 spiro atoms. The predicted molar refractivity (Wildman–Crippen MR) is 42.3 cm³/mol. The number of nitrogens with zero attached hydrogens (tertiary/aromatic N) is 1. The minimum absolute atomic E-state index is 0.149. The third-order valence-electron chi connectivity index (χ3n) is 1.92. The van der Waals surface area contributed by atoms with Gasteiger partial charge in [-0.1, -0.05) is 0 Å². The van der Waals surface area contributed by atoms with E-state index in [-0.39, 0.29) is 19.1 Å². The van der Waals surface area contributed by atoms with Gasteiger partial charge in [0.15, 0.2) is 0 Å². The van der Waals surface area contributed by atoms with Crippen molar-refractivity contribution in [2.45, 2.75) is 18.6 Å². The lowest BCUT2D eigenvalue weighted by Gasteiger charge is -2.39. The molecule has 0 bridgehead atoms. The zero-order valence-corrected chi connectivity index (χ0v) is 7.03. The number of carbonyl (C=O) groups excluding carboxylic acids is 1. The fraction of sp³-hybridized carbons (Fsp3) is 0.857. The Morgan fingerprint density at radius 1 is 1.83 bits per heavy atom. The number of aliphatic hydroxyl groups is 2. The van der Waals surface area contributed by atoms with Gasteiger partial charge in [0.1, 0.15) is 11.6 Å². The summed E-state index contributed by atoms with van der Waals surface area (Å²) in [6.07, 6.45) is 0. The topological polar surface area (TPSA) is 86.8 Å². The van der Waals surface area contributed by atoms with Crippen LogP contribution in [0.15, 0.2) is 0 Å². The first-order valence-corrected chi connectivity index (χ1v) is 3.84. The molecule has 12 heavy (non-hydrogen) atoms. The quantitative estimate of drug-likeness (QED) is 0.428. The van der Waals surface area contributed by atoms with Crippen LogP contribution in [0.5, 0.6) is 0 Å². The average molecular weight is 174 g/mol. The van der Waals surface area contributed by atoms with E-state index in [4.69, 9.17) is 10.8 Å². The Kier molecular flexibility index (Phi) is 2.36. The van der Waals surface area contributed by atoms with Crippen LogP contribution in [0.4, 0.5) is 0 Å². The Balaban J connectivity index is 2.39. The van der Waals surface area contributed by atoms with E-state index >= 15 is 0 Å². The van der Waals surface area contributed by atoms with Crippen molar-refractivity contribution in [1.29, 1.82) is 0 Å². The first kappa shape index (κ1) is 9.44. The summed E-state index contributed by atoms with van der Waals surface area (Å²) in [7, 11) is 0. The molecule has 1 aliphatic heterocycles. The van der Waals surface area contributed by atoms with Gasteiger partial charge in [-0.05, 0) is 6.92 Å². The highest BCUT2D eigenvalue weighted by atomic mass is 16.3. The van der Waals surface area contributed by atoms with Crippen LogP contribution in [0.2, 0.25) is 0 Å². The molecule has 4 N–H and O–H groups in total. The SMILES string of the molecule is CC(O)(CO)CN1CC(N)C1=O. The van der Waals surface area contributed by atoms with E-state index < -0.39 is 11.6 Å².